The van der Waals surface area contributed by atoms with Gasteiger partial charge in [0.2, 0.25) is 0 Å². The number of hydrogen-bond acceptors (Lipinski definition) is 5. The molecule has 0 aliphatic carbocycles. The molecule has 1 N–H and O–H groups in total. The average Bonchev–Trinajstić information content (AvgIpc) is 3.02. The Balaban J connectivity index is 1.61. The molecule has 0 aromatic heterocycles. The highest BCUT2D eigenvalue weighted by atomic mass is 35.5. The van der Waals surface area contributed by atoms with Crippen LogP contribution in [0.15, 0.2) is 53.4 Å². The maximum Gasteiger partial charge on any atom is 0.251 e. The molecule has 150 valence electrons. The SMILES string of the molecule is O=C(NCCc1cccc(Cl)c1)c1ccc(S(=O)(=O)C2CCS(=O)(=O)C2)cc1. The van der Waals surface area contributed by atoms with E-state index in [1.807, 2.05) is 18.2 Å². The van der Waals surface area contributed by atoms with Crippen molar-refractivity contribution in [1.82, 2.24) is 5.32 Å². The van der Waals surface area contributed by atoms with Crippen LogP contribution in [0.3, 0.4) is 0 Å². The molecule has 28 heavy (non-hydrogen) atoms. The van der Waals surface area contributed by atoms with Crippen molar-refractivity contribution in [2.75, 3.05) is 18.1 Å². The summed E-state index contributed by atoms with van der Waals surface area (Å²) in [6.07, 6.45) is 0.728. The number of rotatable bonds is 6. The molecule has 0 bridgehead atoms. The molecular weight excluding hydrogens is 422 g/mol. The maximum atomic E-state index is 12.6. The maximum absolute atomic E-state index is 12.6. The van der Waals surface area contributed by atoms with Crippen LogP contribution in [0, 0.1) is 0 Å². The molecule has 0 saturated carbocycles. The third-order valence-electron chi connectivity index (χ3n) is 4.66. The molecule has 3 rings (SSSR count). The lowest BCUT2D eigenvalue weighted by atomic mass is 10.1. The number of benzene rings is 2. The van der Waals surface area contributed by atoms with E-state index in [9.17, 15) is 21.6 Å². The first kappa shape index (κ1) is 20.8. The van der Waals surface area contributed by atoms with Gasteiger partial charge in [-0.25, -0.2) is 16.8 Å². The van der Waals surface area contributed by atoms with Crippen LogP contribution in [0.5, 0.6) is 0 Å². The van der Waals surface area contributed by atoms with Crippen LogP contribution in [0.25, 0.3) is 0 Å². The van der Waals surface area contributed by atoms with Crippen LogP contribution in [-0.2, 0) is 26.1 Å². The summed E-state index contributed by atoms with van der Waals surface area (Å²) in [5.41, 5.74) is 1.34. The van der Waals surface area contributed by atoms with E-state index < -0.39 is 24.9 Å². The minimum absolute atomic E-state index is 0.0325. The molecule has 1 saturated heterocycles. The highest BCUT2D eigenvalue weighted by Gasteiger charge is 2.37. The summed E-state index contributed by atoms with van der Waals surface area (Å²) in [6.45, 7) is 0.416. The first-order chi connectivity index (χ1) is 13.2. The summed E-state index contributed by atoms with van der Waals surface area (Å²) in [5, 5.41) is 2.49. The van der Waals surface area contributed by atoms with Crippen molar-refractivity contribution >= 4 is 37.2 Å². The van der Waals surface area contributed by atoms with Gasteiger partial charge in [-0.2, -0.15) is 0 Å². The molecule has 0 radical (unpaired) electrons. The second kappa shape index (κ2) is 8.23. The van der Waals surface area contributed by atoms with Crippen molar-refractivity contribution in [3.05, 3.63) is 64.7 Å². The Morgan fingerprint density at radius 3 is 2.46 bits per heavy atom. The third-order valence-corrected chi connectivity index (χ3v) is 9.09. The normalized spacial score (nSPS) is 18.7. The Labute approximate surface area is 169 Å². The second-order valence-electron chi connectivity index (χ2n) is 6.73. The zero-order valence-corrected chi connectivity index (χ0v) is 17.4. The average molecular weight is 442 g/mol. The largest absolute Gasteiger partial charge is 0.352 e. The summed E-state index contributed by atoms with van der Waals surface area (Å²) in [7, 11) is -7.03. The summed E-state index contributed by atoms with van der Waals surface area (Å²) < 4.78 is 48.3. The Bertz CT molecular complexity index is 1080. The monoisotopic (exact) mass is 441 g/mol. The van der Waals surface area contributed by atoms with E-state index in [2.05, 4.69) is 5.32 Å². The van der Waals surface area contributed by atoms with Crippen molar-refractivity contribution in [1.29, 1.82) is 0 Å². The van der Waals surface area contributed by atoms with Gasteiger partial charge in [-0.3, -0.25) is 4.79 Å². The van der Waals surface area contributed by atoms with E-state index in [0.29, 0.717) is 23.6 Å². The molecule has 6 nitrogen and oxygen atoms in total. The smallest absolute Gasteiger partial charge is 0.251 e. The highest BCUT2D eigenvalue weighted by Crippen LogP contribution is 2.25. The molecular formula is C19H20ClNO5S2. The van der Waals surface area contributed by atoms with Gasteiger partial charge in [0.1, 0.15) is 0 Å². The standard InChI is InChI=1S/C19H20ClNO5S2/c20-16-3-1-2-14(12-16)8-10-21-19(22)15-4-6-17(7-5-15)28(25,26)18-9-11-27(23,24)13-18/h1-7,12,18H,8-11,13H2,(H,21,22). The van der Waals surface area contributed by atoms with Crippen molar-refractivity contribution in [2.45, 2.75) is 23.0 Å². The molecule has 1 aliphatic rings. The van der Waals surface area contributed by atoms with Crippen LogP contribution in [-0.4, -0.2) is 46.0 Å². The molecule has 1 heterocycles. The summed E-state index contributed by atoms with van der Waals surface area (Å²) >= 11 is 5.93. The Hall–Kier alpha value is -1.90. The zero-order chi connectivity index (χ0) is 20.4. The second-order valence-corrected chi connectivity index (χ2v) is 11.6. The number of nitrogens with one attached hydrogen (secondary N) is 1. The van der Waals surface area contributed by atoms with Gasteiger partial charge >= 0.3 is 0 Å². The number of sulfone groups is 2. The van der Waals surface area contributed by atoms with Crippen LogP contribution in [0.4, 0.5) is 0 Å². The quantitative estimate of drug-likeness (QED) is 0.741. The minimum Gasteiger partial charge on any atom is -0.352 e. The minimum atomic E-state index is -3.73. The van der Waals surface area contributed by atoms with E-state index in [4.69, 9.17) is 11.6 Å². The summed E-state index contributed by atoms with van der Waals surface area (Å²) in [5.74, 6) is -0.764. The van der Waals surface area contributed by atoms with E-state index in [-0.39, 0.29) is 28.7 Å². The van der Waals surface area contributed by atoms with Gasteiger partial charge in [0.05, 0.1) is 21.7 Å². The van der Waals surface area contributed by atoms with E-state index in [1.165, 1.54) is 24.3 Å². The molecule has 2 aromatic rings. The number of amides is 1. The molecule has 2 aromatic carbocycles. The lowest BCUT2D eigenvalue weighted by Crippen LogP contribution is -2.26. The van der Waals surface area contributed by atoms with Gasteiger partial charge < -0.3 is 5.32 Å². The third kappa shape index (κ3) is 4.92. The number of halogens is 1. The van der Waals surface area contributed by atoms with Gasteiger partial charge in [-0.1, -0.05) is 23.7 Å². The number of hydrogen-bond donors (Lipinski definition) is 1. The van der Waals surface area contributed by atoms with Gasteiger partial charge in [0.25, 0.3) is 5.91 Å². The highest BCUT2D eigenvalue weighted by molar-refractivity contribution is 7.96. The first-order valence-corrected chi connectivity index (χ1v) is 12.5. The van der Waals surface area contributed by atoms with Crippen molar-refractivity contribution < 1.29 is 21.6 Å². The van der Waals surface area contributed by atoms with Crippen LogP contribution >= 0.6 is 11.6 Å². The summed E-state index contributed by atoms with van der Waals surface area (Å²) in [6, 6.07) is 12.9. The van der Waals surface area contributed by atoms with Crippen LogP contribution in [0.2, 0.25) is 5.02 Å². The number of carbonyl (C=O) groups excluding carboxylic acids is 1. The molecule has 0 spiro atoms. The van der Waals surface area contributed by atoms with Crippen molar-refractivity contribution in [3.63, 3.8) is 0 Å². The Morgan fingerprint density at radius 1 is 1.14 bits per heavy atom. The van der Waals surface area contributed by atoms with Crippen LogP contribution in [0.1, 0.15) is 22.3 Å². The van der Waals surface area contributed by atoms with Gasteiger partial charge in [0.15, 0.2) is 19.7 Å². The van der Waals surface area contributed by atoms with Gasteiger partial charge in [0, 0.05) is 17.1 Å². The van der Waals surface area contributed by atoms with Gasteiger partial charge in [-0.15, -0.1) is 0 Å². The fourth-order valence-corrected chi connectivity index (χ4v) is 7.68. The predicted molar refractivity (Wildman–Crippen MR) is 108 cm³/mol. The van der Waals surface area contributed by atoms with Gasteiger partial charge in [-0.05, 0) is 54.8 Å². The molecule has 1 fully saturated rings. The van der Waals surface area contributed by atoms with E-state index in [0.717, 1.165) is 5.56 Å². The molecule has 1 atom stereocenters. The summed E-state index contributed by atoms with van der Waals surface area (Å²) in [4.78, 5) is 12.3. The molecule has 1 unspecified atom stereocenters. The number of carbonyl (C=O) groups is 1. The van der Waals surface area contributed by atoms with Crippen molar-refractivity contribution in [2.24, 2.45) is 0 Å². The van der Waals surface area contributed by atoms with Crippen molar-refractivity contribution in [3.8, 4) is 0 Å². The van der Waals surface area contributed by atoms with E-state index in [1.54, 1.807) is 6.07 Å². The zero-order valence-electron chi connectivity index (χ0n) is 15.0. The lowest BCUT2D eigenvalue weighted by Gasteiger charge is -2.11. The Morgan fingerprint density at radius 2 is 1.86 bits per heavy atom. The lowest BCUT2D eigenvalue weighted by molar-refractivity contribution is 0.0954. The Kier molecular flexibility index (Phi) is 6.12. The van der Waals surface area contributed by atoms with E-state index >= 15 is 0 Å². The topological polar surface area (TPSA) is 97.4 Å². The molecule has 1 amide bonds. The molecule has 9 heteroatoms. The molecule has 1 aliphatic heterocycles. The first-order valence-electron chi connectivity index (χ1n) is 8.74. The van der Waals surface area contributed by atoms with Crippen LogP contribution < -0.4 is 5.32 Å². The fourth-order valence-electron chi connectivity index (χ4n) is 3.11. The predicted octanol–water partition coefficient (Wildman–Crippen LogP) is 2.27. The fraction of sp³-hybridized carbons (Fsp3) is 0.316.